The van der Waals surface area contributed by atoms with Crippen LogP contribution in [-0.2, 0) is 11.0 Å². The van der Waals surface area contributed by atoms with Gasteiger partial charge in [0.25, 0.3) is 0 Å². The van der Waals surface area contributed by atoms with Crippen molar-refractivity contribution in [2.24, 2.45) is 0 Å². The summed E-state index contributed by atoms with van der Waals surface area (Å²) in [7, 11) is 0. The molecule has 0 aromatic heterocycles. The number of alkyl halides is 3. The van der Waals surface area contributed by atoms with E-state index >= 15 is 0 Å². The molecule has 0 saturated carbocycles. The molecule has 1 amide bonds. The third-order valence-electron chi connectivity index (χ3n) is 3.57. The van der Waals surface area contributed by atoms with Gasteiger partial charge in [0.15, 0.2) is 0 Å². The van der Waals surface area contributed by atoms with Crippen LogP contribution in [0.4, 0.5) is 18.9 Å². The lowest BCUT2D eigenvalue weighted by molar-refractivity contribution is -0.137. The fraction of sp³-hybridized carbons (Fsp3) is 0.316. The van der Waals surface area contributed by atoms with Gasteiger partial charge in [-0.2, -0.15) is 13.2 Å². The first-order chi connectivity index (χ1) is 12.3. The van der Waals surface area contributed by atoms with Gasteiger partial charge in [-0.3, -0.25) is 4.79 Å². The van der Waals surface area contributed by atoms with E-state index in [0.29, 0.717) is 12.4 Å². The number of hydrogen-bond acceptors (Lipinski definition) is 3. The average Bonchev–Trinajstić information content (AvgIpc) is 2.58. The first-order valence-corrected chi connectivity index (χ1v) is 9.10. The van der Waals surface area contributed by atoms with Gasteiger partial charge in [0.2, 0.25) is 5.91 Å². The van der Waals surface area contributed by atoms with Crippen LogP contribution >= 0.6 is 11.8 Å². The summed E-state index contributed by atoms with van der Waals surface area (Å²) in [6.07, 6.45) is -4.51. The van der Waals surface area contributed by atoms with E-state index in [-0.39, 0.29) is 5.69 Å². The molecule has 0 bridgehead atoms. The molecule has 7 heteroatoms. The number of para-hydroxylation sites is 1. The molecule has 0 radical (unpaired) electrons. The van der Waals surface area contributed by atoms with Crippen molar-refractivity contribution < 1.29 is 22.7 Å². The summed E-state index contributed by atoms with van der Waals surface area (Å²) >= 11 is 1.32. The fourth-order valence-electron chi connectivity index (χ4n) is 2.24. The van der Waals surface area contributed by atoms with Crippen LogP contribution in [0.15, 0.2) is 48.5 Å². The lowest BCUT2D eigenvalue weighted by atomic mass is 10.1. The number of ether oxygens (including phenoxy) is 1. The average molecular weight is 383 g/mol. The number of hydrogen-bond donors (Lipinski definition) is 1. The highest BCUT2D eigenvalue weighted by molar-refractivity contribution is 8.00. The van der Waals surface area contributed by atoms with Crippen molar-refractivity contribution in [2.45, 2.75) is 25.3 Å². The zero-order valence-electron chi connectivity index (χ0n) is 14.5. The number of aryl methyl sites for hydroxylation is 1. The van der Waals surface area contributed by atoms with E-state index in [2.05, 4.69) is 5.32 Å². The Labute approximate surface area is 154 Å². The number of amides is 1. The summed E-state index contributed by atoms with van der Waals surface area (Å²) in [4.78, 5) is 12.2. The van der Waals surface area contributed by atoms with E-state index in [9.17, 15) is 18.0 Å². The summed E-state index contributed by atoms with van der Waals surface area (Å²) in [5.41, 5.74) is 0.00743. The predicted molar refractivity (Wildman–Crippen MR) is 98.7 cm³/mol. The van der Waals surface area contributed by atoms with E-state index in [1.165, 1.54) is 30.0 Å². The largest absolute Gasteiger partial charge is 0.493 e. The summed E-state index contributed by atoms with van der Waals surface area (Å²) in [5.74, 6) is 0.827. The van der Waals surface area contributed by atoms with E-state index in [0.717, 1.165) is 17.4 Å². The molecule has 0 aliphatic carbocycles. The van der Waals surface area contributed by atoms with Gasteiger partial charge in [-0.05, 0) is 43.7 Å². The van der Waals surface area contributed by atoms with Gasteiger partial charge in [0, 0.05) is 5.75 Å². The van der Waals surface area contributed by atoms with Crippen LogP contribution in [0.5, 0.6) is 5.75 Å². The zero-order valence-corrected chi connectivity index (χ0v) is 15.3. The molecular formula is C19H20F3NO2S. The molecule has 0 aliphatic heterocycles. The van der Waals surface area contributed by atoms with Gasteiger partial charge in [-0.25, -0.2) is 0 Å². The van der Waals surface area contributed by atoms with Crippen molar-refractivity contribution in [2.75, 3.05) is 17.7 Å². The van der Waals surface area contributed by atoms with Crippen LogP contribution in [0.2, 0.25) is 0 Å². The number of carbonyl (C=O) groups is 1. The zero-order chi connectivity index (χ0) is 19.2. The number of anilines is 1. The van der Waals surface area contributed by atoms with Crippen LogP contribution < -0.4 is 10.1 Å². The Kier molecular flexibility index (Phi) is 6.97. The van der Waals surface area contributed by atoms with E-state index in [1.807, 2.05) is 31.2 Å². The molecule has 26 heavy (non-hydrogen) atoms. The van der Waals surface area contributed by atoms with Crippen LogP contribution in [0, 0.1) is 6.92 Å². The van der Waals surface area contributed by atoms with Crippen LogP contribution in [0.1, 0.15) is 18.1 Å². The molecule has 1 N–H and O–H groups in total. The molecule has 0 heterocycles. The second-order valence-corrected chi connectivity index (χ2v) is 7.16. The van der Waals surface area contributed by atoms with Crippen LogP contribution in [0.3, 0.4) is 0 Å². The standard InChI is InChI=1S/C19H20F3NO2S/c1-13-6-5-7-15(12-13)25-10-11-26-14(2)18(24)23-17-9-4-3-8-16(17)19(20,21)22/h3-9,12,14H,10-11H2,1-2H3,(H,23,24)/t14-/m1/s1. The number of thioether (sulfide) groups is 1. The molecule has 140 valence electrons. The van der Waals surface area contributed by atoms with E-state index in [1.54, 1.807) is 6.92 Å². The van der Waals surface area contributed by atoms with E-state index < -0.39 is 22.9 Å². The third kappa shape index (κ3) is 5.98. The summed E-state index contributed by atoms with van der Waals surface area (Å²) < 4.78 is 44.5. The Morgan fingerprint density at radius 3 is 2.62 bits per heavy atom. The number of halogens is 3. The Hall–Kier alpha value is -2.15. The molecule has 0 fully saturated rings. The molecular weight excluding hydrogens is 363 g/mol. The Morgan fingerprint density at radius 2 is 1.92 bits per heavy atom. The Balaban J connectivity index is 1.83. The highest BCUT2D eigenvalue weighted by Crippen LogP contribution is 2.34. The monoisotopic (exact) mass is 383 g/mol. The number of benzene rings is 2. The summed E-state index contributed by atoms with van der Waals surface area (Å²) in [5, 5.41) is 1.86. The first kappa shape index (κ1) is 20.2. The maximum absolute atomic E-state index is 13.0. The minimum atomic E-state index is -4.51. The Morgan fingerprint density at radius 1 is 1.19 bits per heavy atom. The normalized spacial score (nSPS) is 12.5. The minimum absolute atomic E-state index is 0.228. The smallest absolute Gasteiger partial charge is 0.418 e. The van der Waals surface area contributed by atoms with E-state index in [4.69, 9.17) is 4.74 Å². The second-order valence-electron chi connectivity index (χ2n) is 5.71. The highest BCUT2D eigenvalue weighted by atomic mass is 32.2. The Bertz CT molecular complexity index is 750. The molecule has 2 rings (SSSR count). The van der Waals surface area contributed by atoms with Crippen molar-refractivity contribution in [3.63, 3.8) is 0 Å². The highest BCUT2D eigenvalue weighted by Gasteiger charge is 2.33. The summed E-state index contributed by atoms with van der Waals surface area (Å²) in [6.45, 7) is 4.03. The van der Waals surface area contributed by atoms with Crippen molar-refractivity contribution in [1.29, 1.82) is 0 Å². The number of nitrogens with one attached hydrogen (secondary N) is 1. The lowest BCUT2D eigenvalue weighted by Crippen LogP contribution is -2.25. The van der Waals surface area contributed by atoms with Gasteiger partial charge < -0.3 is 10.1 Å². The predicted octanol–water partition coefficient (Wildman–Crippen LogP) is 5.15. The fourth-order valence-corrected chi connectivity index (χ4v) is 2.98. The van der Waals surface area contributed by atoms with Gasteiger partial charge in [-0.15, -0.1) is 11.8 Å². The molecule has 2 aromatic carbocycles. The topological polar surface area (TPSA) is 38.3 Å². The maximum Gasteiger partial charge on any atom is 0.418 e. The summed E-state index contributed by atoms with van der Waals surface area (Å²) in [6, 6.07) is 12.6. The van der Waals surface area contributed by atoms with Crippen molar-refractivity contribution >= 4 is 23.4 Å². The molecule has 0 saturated heterocycles. The molecule has 3 nitrogen and oxygen atoms in total. The number of carbonyl (C=O) groups excluding carboxylic acids is 1. The first-order valence-electron chi connectivity index (χ1n) is 8.05. The maximum atomic E-state index is 13.0. The van der Waals surface area contributed by atoms with Crippen LogP contribution in [0.25, 0.3) is 0 Å². The van der Waals surface area contributed by atoms with Crippen molar-refractivity contribution in [3.05, 3.63) is 59.7 Å². The SMILES string of the molecule is Cc1cccc(OCCS[C@H](C)C(=O)Nc2ccccc2C(F)(F)F)c1. The molecule has 2 aromatic rings. The van der Waals surface area contributed by atoms with Gasteiger partial charge in [0.1, 0.15) is 5.75 Å². The third-order valence-corrected chi connectivity index (χ3v) is 4.69. The van der Waals surface area contributed by atoms with Gasteiger partial charge in [0.05, 0.1) is 23.1 Å². The van der Waals surface area contributed by atoms with Crippen molar-refractivity contribution in [3.8, 4) is 5.75 Å². The molecule has 0 unspecified atom stereocenters. The molecule has 0 spiro atoms. The van der Waals surface area contributed by atoms with Gasteiger partial charge in [-0.1, -0.05) is 24.3 Å². The van der Waals surface area contributed by atoms with Crippen molar-refractivity contribution in [1.82, 2.24) is 0 Å². The number of rotatable bonds is 7. The minimum Gasteiger partial charge on any atom is -0.493 e. The van der Waals surface area contributed by atoms with Crippen LogP contribution in [-0.4, -0.2) is 23.5 Å². The quantitative estimate of drug-likeness (QED) is 0.672. The van der Waals surface area contributed by atoms with Gasteiger partial charge >= 0.3 is 6.18 Å². The lowest BCUT2D eigenvalue weighted by Gasteiger charge is -2.16. The molecule has 1 atom stereocenters. The molecule has 0 aliphatic rings. The second kappa shape index (κ2) is 8.98.